The highest BCUT2D eigenvalue weighted by Gasteiger charge is 2.63. The third-order valence-corrected chi connectivity index (χ3v) is 12.5. The van der Waals surface area contributed by atoms with Gasteiger partial charge in [0.25, 0.3) is 0 Å². The van der Waals surface area contributed by atoms with E-state index >= 15 is 0 Å². The van der Waals surface area contributed by atoms with Crippen LogP contribution in [0.2, 0.25) is 18.6 Å². The van der Waals surface area contributed by atoms with Crippen molar-refractivity contribution in [2.24, 2.45) is 11.8 Å². The molecule has 3 aromatic rings. The molecule has 2 aliphatic carbocycles. The van der Waals surface area contributed by atoms with Crippen LogP contribution in [0.1, 0.15) is 36.8 Å². The van der Waals surface area contributed by atoms with Gasteiger partial charge in [-0.05, 0) is 35.4 Å². The van der Waals surface area contributed by atoms with Crippen LogP contribution in [0.3, 0.4) is 0 Å². The molecule has 2 saturated carbocycles. The quantitative estimate of drug-likeness (QED) is 0.436. The molecule has 158 valence electrons. The number of hydrogen-bond donors (Lipinski definition) is 0. The second kappa shape index (κ2) is 7.91. The first-order chi connectivity index (χ1) is 15.0. The van der Waals surface area contributed by atoms with Gasteiger partial charge in [-0.15, -0.1) is 0 Å². The number of carbonyl (C=O) groups excluding carboxylic acids is 1. The van der Waals surface area contributed by atoms with E-state index in [1.807, 2.05) is 0 Å². The summed E-state index contributed by atoms with van der Waals surface area (Å²) in [7, 11) is -1.79. The Morgan fingerprint density at radius 2 is 1.29 bits per heavy atom. The Bertz CT molecular complexity index is 1000. The molecule has 0 heterocycles. The first-order valence-electron chi connectivity index (χ1n) is 11.7. The van der Waals surface area contributed by atoms with Crippen molar-refractivity contribution in [2.75, 3.05) is 0 Å². The van der Waals surface area contributed by atoms with Crippen molar-refractivity contribution < 1.29 is 4.79 Å². The van der Waals surface area contributed by atoms with Crippen molar-refractivity contribution in [1.29, 1.82) is 0 Å². The van der Waals surface area contributed by atoms with Gasteiger partial charge in [-0.1, -0.05) is 116 Å². The lowest BCUT2D eigenvalue weighted by Crippen LogP contribution is -2.51. The van der Waals surface area contributed by atoms with E-state index in [9.17, 15) is 4.79 Å². The van der Waals surface area contributed by atoms with Gasteiger partial charge in [-0.25, -0.2) is 0 Å². The zero-order valence-corrected chi connectivity index (χ0v) is 19.6. The van der Waals surface area contributed by atoms with Crippen molar-refractivity contribution in [3.8, 4) is 0 Å². The maximum Gasteiger partial charge on any atom is 0.136 e. The van der Waals surface area contributed by atoms with Gasteiger partial charge in [-0.2, -0.15) is 0 Å². The predicted octanol–water partition coefficient (Wildman–Crippen LogP) is 6.35. The minimum atomic E-state index is -1.79. The summed E-state index contributed by atoms with van der Waals surface area (Å²) in [5, 5.41) is 1.49. The Morgan fingerprint density at radius 1 is 0.774 bits per heavy atom. The molecule has 0 amide bonds. The van der Waals surface area contributed by atoms with Crippen LogP contribution in [0.4, 0.5) is 0 Å². The van der Waals surface area contributed by atoms with E-state index in [1.165, 1.54) is 22.7 Å². The van der Waals surface area contributed by atoms with Gasteiger partial charge < -0.3 is 0 Å². The summed E-state index contributed by atoms with van der Waals surface area (Å²) >= 11 is 0. The molecular formula is C29H32OSi. The van der Waals surface area contributed by atoms with Crippen LogP contribution >= 0.6 is 0 Å². The first kappa shape index (κ1) is 20.4. The highest BCUT2D eigenvalue weighted by atomic mass is 28.3. The molecule has 2 fully saturated rings. The summed E-state index contributed by atoms with van der Waals surface area (Å²) in [5.41, 5.74) is 3.25. The summed E-state index contributed by atoms with van der Waals surface area (Å²) in [6.07, 6.45) is 4.10. The molecule has 0 bridgehead atoms. The second-order valence-corrected chi connectivity index (χ2v) is 14.9. The van der Waals surface area contributed by atoms with Gasteiger partial charge >= 0.3 is 0 Å². The molecule has 3 aromatic carbocycles. The van der Waals surface area contributed by atoms with Crippen LogP contribution in [-0.2, 0) is 10.2 Å². The van der Waals surface area contributed by atoms with Gasteiger partial charge in [0.1, 0.15) is 5.78 Å². The number of rotatable bonds is 5. The van der Waals surface area contributed by atoms with E-state index < -0.39 is 8.07 Å². The lowest BCUT2D eigenvalue weighted by molar-refractivity contribution is -0.125. The summed E-state index contributed by atoms with van der Waals surface area (Å²) in [6, 6.07) is 32.9. The molecule has 1 unspecified atom stereocenters. The van der Waals surface area contributed by atoms with E-state index in [0.29, 0.717) is 17.2 Å². The SMILES string of the molecule is C[Si](C)(c1ccccc1)[C@@H]1CCCC(=O)[C@H]1C1CC1(c1ccccc1)c1ccccc1. The molecule has 2 aliphatic rings. The maximum atomic E-state index is 13.5. The molecule has 0 N–H and O–H groups in total. The summed E-state index contributed by atoms with van der Waals surface area (Å²) in [6.45, 7) is 4.99. The third-order valence-electron chi connectivity index (χ3n) is 8.21. The normalized spacial score (nSPS) is 25.2. The van der Waals surface area contributed by atoms with Crippen molar-refractivity contribution >= 4 is 19.0 Å². The van der Waals surface area contributed by atoms with Crippen LogP contribution in [0.5, 0.6) is 0 Å². The van der Waals surface area contributed by atoms with Crippen LogP contribution in [0.15, 0.2) is 91.0 Å². The van der Waals surface area contributed by atoms with Gasteiger partial charge in [0, 0.05) is 17.8 Å². The summed E-state index contributed by atoms with van der Waals surface area (Å²) in [5.74, 6) is 1.10. The minimum Gasteiger partial charge on any atom is -0.299 e. The number of ketones is 1. The van der Waals surface area contributed by atoms with E-state index in [4.69, 9.17) is 0 Å². The van der Waals surface area contributed by atoms with Gasteiger partial charge in [0.2, 0.25) is 0 Å². The molecule has 0 radical (unpaired) electrons. The number of Topliss-reactive ketones (excluding diaryl/α,β-unsaturated/α-hetero) is 1. The highest BCUT2D eigenvalue weighted by molar-refractivity contribution is 6.91. The lowest BCUT2D eigenvalue weighted by atomic mass is 9.77. The van der Waals surface area contributed by atoms with Gasteiger partial charge in [0.05, 0.1) is 8.07 Å². The molecule has 0 spiro atoms. The van der Waals surface area contributed by atoms with Gasteiger partial charge in [0.15, 0.2) is 0 Å². The molecule has 1 nitrogen and oxygen atoms in total. The Kier molecular flexibility index (Phi) is 5.22. The molecule has 5 rings (SSSR count). The van der Waals surface area contributed by atoms with Crippen molar-refractivity contribution in [3.05, 3.63) is 102 Å². The molecule has 3 atom stereocenters. The molecule has 2 heteroatoms. The molecule has 31 heavy (non-hydrogen) atoms. The highest BCUT2D eigenvalue weighted by Crippen LogP contribution is 2.65. The fraction of sp³-hybridized carbons (Fsp3) is 0.345. The zero-order valence-electron chi connectivity index (χ0n) is 18.6. The number of carbonyl (C=O) groups is 1. The van der Waals surface area contributed by atoms with E-state index in [0.717, 1.165) is 19.3 Å². The maximum absolute atomic E-state index is 13.5. The summed E-state index contributed by atoms with van der Waals surface area (Å²) < 4.78 is 0. The van der Waals surface area contributed by atoms with Crippen LogP contribution in [0.25, 0.3) is 0 Å². The van der Waals surface area contributed by atoms with Crippen LogP contribution < -0.4 is 5.19 Å². The smallest absolute Gasteiger partial charge is 0.136 e. The topological polar surface area (TPSA) is 17.1 Å². The fourth-order valence-electron chi connectivity index (χ4n) is 6.49. The Hall–Kier alpha value is -2.45. The van der Waals surface area contributed by atoms with Gasteiger partial charge in [-0.3, -0.25) is 4.79 Å². The molecule has 0 aliphatic heterocycles. The Balaban J connectivity index is 1.58. The molecule has 0 aromatic heterocycles. The zero-order chi connectivity index (χ0) is 21.5. The third kappa shape index (κ3) is 3.42. The fourth-order valence-corrected chi connectivity index (χ4v) is 10.2. The molecular weight excluding hydrogens is 392 g/mol. The van der Waals surface area contributed by atoms with E-state index in [1.54, 1.807) is 0 Å². The second-order valence-electron chi connectivity index (χ2n) is 10.1. The predicted molar refractivity (Wildman–Crippen MR) is 131 cm³/mol. The standard InChI is InChI=1S/C29H32OSi/c1-31(2,24-17-10-5-11-18-24)27-20-12-19-26(30)28(27)25-21-29(25,22-13-6-3-7-14-22)23-15-8-4-9-16-23/h3-11,13-18,25,27-28H,12,19-21H2,1-2H3/t25?,27-,28-/m1/s1. The van der Waals surface area contributed by atoms with Crippen LogP contribution in [0, 0.1) is 11.8 Å². The number of benzene rings is 3. The number of hydrogen-bond acceptors (Lipinski definition) is 1. The van der Waals surface area contributed by atoms with Crippen molar-refractivity contribution in [2.45, 2.75) is 49.7 Å². The lowest BCUT2D eigenvalue weighted by Gasteiger charge is -2.42. The first-order valence-corrected chi connectivity index (χ1v) is 14.8. The average molecular weight is 425 g/mol. The van der Waals surface area contributed by atoms with E-state index in [-0.39, 0.29) is 11.3 Å². The monoisotopic (exact) mass is 424 g/mol. The van der Waals surface area contributed by atoms with Crippen LogP contribution in [-0.4, -0.2) is 13.9 Å². The van der Waals surface area contributed by atoms with Crippen molar-refractivity contribution in [1.82, 2.24) is 0 Å². The largest absolute Gasteiger partial charge is 0.299 e. The molecule has 0 saturated heterocycles. The van der Waals surface area contributed by atoms with Crippen molar-refractivity contribution in [3.63, 3.8) is 0 Å². The minimum absolute atomic E-state index is 0.0143. The summed E-state index contributed by atoms with van der Waals surface area (Å²) in [4.78, 5) is 13.5. The Labute approximate surface area is 187 Å². The van der Waals surface area contributed by atoms with E-state index in [2.05, 4.69) is 104 Å². The Morgan fingerprint density at radius 3 is 1.84 bits per heavy atom. The average Bonchev–Trinajstić information content (AvgIpc) is 3.57.